The zero-order valence-corrected chi connectivity index (χ0v) is 13.1. The van der Waals surface area contributed by atoms with Crippen LogP contribution in [0.4, 0.5) is 0 Å². The molecule has 1 atom stereocenters. The third-order valence-corrected chi connectivity index (χ3v) is 4.47. The first-order valence-corrected chi connectivity index (χ1v) is 8.00. The zero-order chi connectivity index (χ0) is 13.4. The Morgan fingerprint density at radius 2 is 1.83 bits per heavy atom. The second kappa shape index (κ2) is 8.16. The fourth-order valence-corrected chi connectivity index (χ4v) is 3.63. The predicted molar refractivity (Wildman–Crippen MR) is 81.0 cm³/mol. The Morgan fingerprint density at radius 3 is 2.33 bits per heavy atom. The molecule has 0 spiro atoms. The van der Waals surface area contributed by atoms with Gasteiger partial charge in [0.15, 0.2) is 0 Å². The van der Waals surface area contributed by atoms with Crippen LogP contribution in [0.15, 0.2) is 0 Å². The molecule has 0 amide bonds. The second-order valence-electron chi connectivity index (χ2n) is 6.60. The molecule has 1 heterocycles. The summed E-state index contributed by atoms with van der Waals surface area (Å²) in [6.45, 7) is 12.2. The number of rotatable bonds is 8. The van der Waals surface area contributed by atoms with E-state index in [1.165, 1.54) is 58.2 Å². The molecular formula is C16H34N2. The van der Waals surface area contributed by atoms with Crippen molar-refractivity contribution in [2.75, 3.05) is 33.2 Å². The average Bonchev–Trinajstić information content (AvgIpc) is 2.32. The summed E-state index contributed by atoms with van der Waals surface area (Å²) in [5.41, 5.74) is 0.459. The van der Waals surface area contributed by atoms with Crippen LogP contribution in [-0.4, -0.2) is 38.1 Å². The van der Waals surface area contributed by atoms with E-state index in [2.05, 4.69) is 38.0 Å². The van der Waals surface area contributed by atoms with Gasteiger partial charge in [0.2, 0.25) is 0 Å². The van der Waals surface area contributed by atoms with Crippen LogP contribution in [0.5, 0.6) is 0 Å². The van der Waals surface area contributed by atoms with Crippen molar-refractivity contribution < 1.29 is 0 Å². The van der Waals surface area contributed by atoms with E-state index in [0.29, 0.717) is 5.41 Å². The maximum absolute atomic E-state index is 3.39. The van der Waals surface area contributed by atoms with E-state index in [-0.39, 0.29) is 0 Å². The summed E-state index contributed by atoms with van der Waals surface area (Å²) in [5, 5.41) is 3.39. The minimum atomic E-state index is 0.459. The molecule has 1 aliphatic rings. The van der Waals surface area contributed by atoms with Gasteiger partial charge >= 0.3 is 0 Å². The third kappa shape index (κ3) is 5.27. The number of hydrogen-bond donors (Lipinski definition) is 1. The first-order chi connectivity index (χ1) is 8.63. The molecule has 0 aromatic rings. The molecule has 1 aliphatic heterocycles. The van der Waals surface area contributed by atoms with Crippen LogP contribution in [0.1, 0.15) is 59.3 Å². The van der Waals surface area contributed by atoms with Gasteiger partial charge in [-0.05, 0) is 50.7 Å². The average molecular weight is 254 g/mol. The van der Waals surface area contributed by atoms with E-state index in [4.69, 9.17) is 0 Å². The highest BCUT2D eigenvalue weighted by atomic mass is 15.1. The van der Waals surface area contributed by atoms with Crippen molar-refractivity contribution in [3.63, 3.8) is 0 Å². The minimum absolute atomic E-state index is 0.459. The van der Waals surface area contributed by atoms with Gasteiger partial charge in [0, 0.05) is 13.1 Å². The van der Waals surface area contributed by atoms with Crippen molar-refractivity contribution in [2.45, 2.75) is 59.3 Å². The Labute approximate surface area is 115 Å². The van der Waals surface area contributed by atoms with Crippen LogP contribution >= 0.6 is 0 Å². The Balaban J connectivity index is 2.37. The molecule has 2 heteroatoms. The van der Waals surface area contributed by atoms with Crippen LogP contribution in [0, 0.1) is 11.3 Å². The van der Waals surface area contributed by atoms with Crippen LogP contribution in [0.2, 0.25) is 0 Å². The van der Waals surface area contributed by atoms with E-state index in [9.17, 15) is 0 Å². The summed E-state index contributed by atoms with van der Waals surface area (Å²) in [5.74, 6) is 1.01. The van der Waals surface area contributed by atoms with Gasteiger partial charge in [-0.1, -0.05) is 40.0 Å². The predicted octanol–water partition coefficient (Wildman–Crippen LogP) is 3.52. The first kappa shape index (κ1) is 16.0. The van der Waals surface area contributed by atoms with Gasteiger partial charge < -0.3 is 10.2 Å². The molecular weight excluding hydrogens is 220 g/mol. The van der Waals surface area contributed by atoms with Crippen LogP contribution < -0.4 is 5.32 Å². The third-order valence-electron chi connectivity index (χ3n) is 4.47. The number of nitrogens with one attached hydrogen (secondary N) is 1. The van der Waals surface area contributed by atoms with E-state index < -0.39 is 0 Å². The molecule has 0 aromatic heterocycles. The fraction of sp³-hybridized carbons (Fsp3) is 1.00. The quantitative estimate of drug-likeness (QED) is 0.713. The van der Waals surface area contributed by atoms with Gasteiger partial charge in [-0.25, -0.2) is 0 Å². The van der Waals surface area contributed by atoms with Crippen LogP contribution in [0.3, 0.4) is 0 Å². The van der Waals surface area contributed by atoms with E-state index in [1.54, 1.807) is 0 Å². The molecule has 0 radical (unpaired) electrons. The standard InChI is InChI=1S/C16H34N2/c1-5-7-15-8-11-18(12-9-15)14-16(3,10-6-2)13-17-4/h15,17H,5-14H2,1-4H3. The molecule has 1 unspecified atom stereocenters. The summed E-state index contributed by atoms with van der Waals surface area (Å²) in [6, 6.07) is 0. The summed E-state index contributed by atoms with van der Waals surface area (Å²) in [7, 11) is 2.08. The molecule has 0 bridgehead atoms. The summed E-state index contributed by atoms with van der Waals surface area (Å²) >= 11 is 0. The van der Waals surface area contributed by atoms with Gasteiger partial charge in [-0.2, -0.15) is 0 Å². The van der Waals surface area contributed by atoms with E-state index >= 15 is 0 Å². The van der Waals surface area contributed by atoms with Crippen LogP contribution in [-0.2, 0) is 0 Å². The lowest BCUT2D eigenvalue weighted by Gasteiger charge is -2.39. The van der Waals surface area contributed by atoms with Crippen molar-refractivity contribution in [1.29, 1.82) is 0 Å². The van der Waals surface area contributed by atoms with E-state index in [0.717, 1.165) is 12.5 Å². The summed E-state index contributed by atoms with van der Waals surface area (Å²) in [4.78, 5) is 2.71. The van der Waals surface area contributed by atoms with Gasteiger partial charge in [-0.3, -0.25) is 0 Å². The second-order valence-corrected chi connectivity index (χ2v) is 6.60. The Hall–Kier alpha value is -0.0800. The highest BCUT2D eigenvalue weighted by Crippen LogP contribution is 2.28. The Kier molecular flexibility index (Phi) is 7.25. The van der Waals surface area contributed by atoms with Gasteiger partial charge in [0.05, 0.1) is 0 Å². The van der Waals surface area contributed by atoms with Gasteiger partial charge in [0.25, 0.3) is 0 Å². The zero-order valence-electron chi connectivity index (χ0n) is 13.1. The number of likely N-dealkylation sites (tertiary alicyclic amines) is 1. The molecule has 1 saturated heterocycles. The molecule has 0 saturated carbocycles. The molecule has 18 heavy (non-hydrogen) atoms. The lowest BCUT2D eigenvalue weighted by Crippen LogP contribution is -2.44. The highest BCUT2D eigenvalue weighted by Gasteiger charge is 2.27. The molecule has 1 rings (SSSR count). The van der Waals surface area contributed by atoms with Crippen LogP contribution in [0.25, 0.3) is 0 Å². The lowest BCUT2D eigenvalue weighted by molar-refractivity contribution is 0.110. The topological polar surface area (TPSA) is 15.3 Å². The number of hydrogen-bond acceptors (Lipinski definition) is 2. The molecule has 1 fully saturated rings. The monoisotopic (exact) mass is 254 g/mol. The first-order valence-electron chi connectivity index (χ1n) is 8.00. The molecule has 0 aromatic carbocycles. The Bertz CT molecular complexity index is 201. The maximum Gasteiger partial charge on any atom is 0.00475 e. The smallest absolute Gasteiger partial charge is 0.00475 e. The molecule has 108 valence electrons. The SMILES string of the molecule is CCCC1CCN(CC(C)(CCC)CNC)CC1. The lowest BCUT2D eigenvalue weighted by atomic mass is 9.83. The van der Waals surface area contributed by atoms with Gasteiger partial charge in [0.1, 0.15) is 0 Å². The molecule has 2 nitrogen and oxygen atoms in total. The largest absolute Gasteiger partial charge is 0.319 e. The van der Waals surface area contributed by atoms with Crippen molar-refractivity contribution in [3.05, 3.63) is 0 Å². The summed E-state index contributed by atoms with van der Waals surface area (Å²) in [6.07, 6.45) is 8.28. The number of nitrogens with zero attached hydrogens (tertiary/aromatic N) is 1. The van der Waals surface area contributed by atoms with Gasteiger partial charge in [-0.15, -0.1) is 0 Å². The van der Waals surface area contributed by atoms with Crippen molar-refractivity contribution >= 4 is 0 Å². The fourth-order valence-electron chi connectivity index (χ4n) is 3.63. The van der Waals surface area contributed by atoms with Crippen molar-refractivity contribution in [1.82, 2.24) is 10.2 Å². The normalized spacial score (nSPS) is 22.0. The highest BCUT2D eigenvalue weighted by molar-refractivity contribution is 4.82. The van der Waals surface area contributed by atoms with Crippen molar-refractivity contribution in [3.8, 4) is 0 Å². The van der Waals surface area contributed by atoms with Crippen molar-refractivity contribution in [2.24, 2.45) is 11.3 Å². The maximum atomic E-state index is 3.39. The number of piperidine rings is 1. The van der Waals surface area contributed by atoms with E-state index in [1.807, 2.05) is 0 Å². The molecule has 0 aliphatic carbocycles. The molecule has 1 N–H and O–H groups in total. The minimum Gasteiger partial charge on any atom is -0.319 e. The Morgan fingerprint density at radius 1 is 1.17 bits per heavy atom. The summed E-state index contributed by atoms with van der Waals surface area (Å²) < 4.78 is 0.